The molecule has 0 fully saturated rings. The predicted molar refractivity (Wildman–Crippen MR) is 81.2 cm³/mol. The van der Waals surface area contributed by atoms with Gasteiger partial charge in [-0.1, -0.05) is 17.7 Å². The predicted octanol–water partition coefficient (Wildman–Crippen LogP) is 3.77. The molecule has 0 amide bonds. The summed E-state index contributed by atoms with van der Waals surface area (Å²) in [6.07, 6.45) is 0. The van der Waals surface area contributed by atoms with Crippen LogP contribution >= 0.6 is 11.6 Å². The van der Waals surface area contributed by atoms with Gasteiger partial charge < -0.3 is 0 Å². The lowest BCUT2D eigenvalue weighted by atomic mass is 10.3. The molecule has 0 bridgehead atoms. The van der Waals surface area contributed by atoms with Crippen molar-refractivity contribution in [3.8, 4) is 0 Å². The van der Waals surface area contributed by atoms with Gasteiger partial charge in [-0.3, -0.25) is 4.72 Å². The minimum Gasteiger partial charge on any atom is -0.280 e. The molecular weight excluding hydrogens is 375 g/mol. The average Bonchev–Trinajstić information content (AvgIpc) is 2.46. The molecule has 0 aliphatic carbocycles. The van der Waals surface area contributed by atoms with Crippen molar-refractivity contribution in [3.63, 3.8) is 0 Å². The SMILES string of the molecule is O=[S@](c1ccc(NS(=O)(=O)c2cccc(Cl)c2)cc1)C(F)(F)F. The van der Waals surface area contributed by atoms with E-state index in [0.29, 0.717) is 0 Å². The van der Waals surface area contributed by atoms with E-state index in [9.17, 15) is 25.8 Å². The van der Waals surface area contributed by atoms with Gasteiger partial charge in [0.1, 0.15) is 0 Å². The van der Waals surface area contributed by atoms with Crippen molar-refractivity contribution in [2.75, 3.05) is 4.72 Å². The standard InChI is InChI=1S/C13H9ClF3NO3S2/c14-9-2-1-3-12(8-9)23(20,21)18-10-4-6-11(7-5-10)22(19)13(15,16)17/h1-8,18H/t22-/m1/s1. The van der Waals surface area contributed by atoms with E-state index >= 15 is 0 Å². The van der Waals surface area contributed by atoms with E-state index in [1.807, 2.05) is 0 Å². The van der Waals surface area contributed by atoms with Gasteiger partial charge in [0.15, 0.2) is 10.8 Å². The molecule has 0 aliphatic heterocycles. The Kier molecular flexibility index (Phi) is 5.02. The molecule has 0 saturated heterocycles. The van der Waals surface area contributed by atoms with Crippen molar-refractivity contribution >= 4 is 38.1 Å². The summed E-state index contributed by atoms with van der Waals surface area (Å²) in [5.74, 6) is 0. The van der Waals surface area contributed by atoms with Gasteiger partial charge in [0, 0.05) is 15.6 Å². The Labute approximate surface area is 137 Å². The van der Waals surface area contributed by atoms with Crippen LogP contribution in [0.25, 0.3) is 0 Å². The molecule has 2 aromatic rings. The molecule has 0 radical (unpaired) electrons. The number of halogens is 4. The van der Waals surface area contributed by atoms with Crippen molar-refractivity contribution in [1.29, 1.82) is 0 Å². The first-order chi connectivity index (χ1) is 10.6. The average molecular weight is 384 g/mol. The fraction of sp³-hybridized carbons (Fsp3) is 0.0769. The quantitative estimate of drug-likeness (QED) is 0.874. The van der Waals surface area contributed by atoms with Crippen molar-refractivity contribution in [2.45, 2.75) is 15.3 Å². The van der Waals surface area contributed by atoms with Crippen LogP contribution in [0.2, 0.25) is 5.02 Å². The van der Waals surface area contributed by atoms with Crippen molar-refractivity contribution in [3.05, 3.63) is 53.6 Å². The highest BCUT2D eigenvalue weighted by atomic mass is 35.5. The van der Waals surface area contributed by atoms with Crippen molar-refractivity contribution in [1.82, 2.24) is 0 Å². The van der Waals surface area contributed by atoms with Gasteiger partial charge in [-0.2, -0.15) is 13.2 Å². The molecule has 0 saturated carbocycles. The molecule has 0 unspecified atom stereocenters. The highest BCUT2D eigenvalue weighted by Gasteiger charge is 2.37. The summed E-state index contributed by atoms with van der Waals surface area (Å²) in [6, 6.07) is 9.59. The zero-order valence-corrected chi connectivity index (χ0v) is 13.6. The van der Waals surface area contributed by atoms with Gasteiger partial charge in [-0.15, -0.1) is 0 Å². The van der Waals surface area contributed by atoms with E-state index in [1.165, 1.54) is 24.3 Å². The number of anilines is 1. The first-order valence-electron chi connectivity index (χ1n) is 5.97. The third kappa shape index (κ3) is 4.46. The lowest BCUT2D eigenvalue weighted by molar-refractivity contribution is -0.0384. The molecular formula is C13H9ClF3NO3S2. The molecule has 23 heavy (non-hydrogen) atoms. The minimum absolute atomic E-state index is 0.0351. The molecule has 1 N–H and O–H groups in total. The van der Waals surface area contributed by atoms with Crippen LogP contribution in [0.4, 0.5) is 18.9 Å². The number of rotatable bonds is 4. The second kappa shape index (κ2) is 6.50. The van der Waals surface area contributed by atoms with Gasteiger partial charge >= 0.3 is 5.51 Å². The number of hydrogen-bond donors (Lipinski definition) is 1. The van der Waals surface area contributed by atoms with Gasteiger partial charge in [0.25, 0.3) is 10.0 Å². The molecule has 0 aromatic heterocycles. The Morgan fingerprint density at radius 2 is 1.65 bits per heavy atom. The van der Waals surface area contributed by atoms with E-state index in [1.54, 1.807) is 0 Å². The smallest absolute Gasteiger partial charge is 0.280 e. The normalized spacial score (nSPS) is 13.6. The van der Waals surface area contributed by atoms with Gasteiger partial charge in [0.05, 0.1) is 4.90 Å². The number of benzene rings is 2. The van der Waals surface area contributed by atoms with E-state index < -0.39 is 31.2 Å². The van der Waals surface area contributed by atoms with E-state index in [0.717, 1.165) is 24.3 Å². The first-order valence-corrected chi connectivity index (χ1v) is 8.98. The molecule has 0 heterocycles. The summed E-state index contributed by atoms with van der Waals surface area (Å²) in [6.45, 7) is 0. The Bertz CT molecular complexity index is 836. The molecule has 4 nitrogen and oxygen atoms in total. The van der Waals surface area contributed by atoms with E-state index in [4.69, 9.17) is 11.6 Å². The third-order valence-corrected chi connectivity index (χ3v) is 5.37. The number of sulfonamides is 1. The van der Waals surface area contributed by atoms with Crippen LogP contribution in [0.15, 0.2) is 58.3 Å². The summed E-state index contributed by atoms with van der Waals surface area (Å²) in [5, 5.41) is 0.226. The van der Waals surface area contributed by atoms with Crippen LogP contribution in [-0.4, -0.2) is 18.1 Å². The lowest BCUT2D eigenvalue weighted by Crippen LogP contribution is -2.16. The summed E-state index contributed by atoms with van der Waals surface area (Å²) in [5.41, 5.74) is -4.84. The molecule has 124 valence electrons. The van der Waals surface area contributed by atoms with Gasteiger partial charge in [-0.25, -0.2) is 12.6 Å². The van der Waals surface area contributed by atoms with Crippen molar-refractivity contribution in [2.24, 2.45) is 0 Å². The zero-order valence-electron chi connectivity index (χ0n) is 11.2. The second-order valence-electron chi connectivity index (χ2n) is 4.30. The molecule has 2 aromatic carbocycles. The number of hydrogen-bond acceptors (Lipinski definition) is 3. The second-order valence-corrected chi connectivity index (χ2v) is 7.89. The molecule has 0 aliphatic rings. The first kappa shape index (κ1) is 17.8. The van der Waals surface area contributed by atoms with Crippen LogP contribution in [0.1, 0.15) is 0 Å². The summed E-state index contributed by atoms with van der Waals surface area (Å²) < 4.78 is 74.6. The maximum atomic E-state index is 12.3. The Balaban J connectivity index is 2.23. The number of nitrogens with one attached hydrogen (secondary N) is 1. The largest absolute Gasteiger partial charge is 0.475 e. The van der Waals surface area contributed by atoms with Crippen LogP contribution in [0.3, 0.4) is 0 Å². The highest BCUT2D eigenvalue weighted by molar-refractivity contribution is 7.92. The summed E-state index contributed by atoms with van der Waals surface area (Å²) in [4.78, 5) is -0.559. The van der Waals surface area contributed by atoms with E-state index in [-0.39, 0.29) is 15.6 Å². The molecule has 10 heteroatoms. The fourth-order valence-electron chi connectivity index (χ4n) is 1.63. The number of alkyl halides is 3. The Hall–Kier alpha value is -1.58. The van der Waals surface area contributed by atoms with Crippen LogP contribution in [0.5, 0.6) is 0 Å². The minimum atomic E-state index is -4.87. The zero-order chi connectivity index (χ0) is 17.3. The lowest BCUT2D eigenvalue weighted by Gasteiger charge is -2.10. The summed E-state index contributed by atoms with van der Waals surface area (Å²) >= 11 is 5.72. The van der Waals surface area contributed by atoms with Gasteiger partial charge in [0.2, 0.25) is 0 Å². The Morgan fingerprint density at radius 1 is 1.04 bits per heavy atom. The highest BCUT2D eigenvalue weighted by Crippen LogP contribution is 2.27. The molecule has 0 spiro atoms. The van der Waals surface area contributed by atoms with Crippen LogP contribution in [-0.2, 0) is 20.8 Å². The molecule has 2 rings (SSSR count). The molecule has 1 atom stereocenters. The third-order valence-electron chi connectivity index (χ3n) is 2.64. The van der Waals surface area contributed by atoms with Gasteiger partial charge in [-0.05, 0) is 42.5 Å². The maximum absolute atomic E-state index is 12.3. The van der Waals surface area contributed by atoms with E-state index in [2.05, 4.69) is 4.72 Å². The maximum Gasteiger partial charge on any atom is 0.475 e. The topological polar surface area (TPSA) is 63.2 Å². The fourth-order valence-corrected chi connectivity index (χ4v) is 3.64. The Morgan fingerprint density at radius 3 is 2.17 bits per heavy atom. The van der Waals surface area contributed by atoms with Crippen molar-refractivity contribution < 1.29 is 25.8 Å². The monoisotopic (exact) mass is 383 g/mol. The van der Waals surface area contributed by atoms with Crippen LogP contribution in [0, 0.1) is 0 Å². The van der Waals surface area contributed by atoms with Crippen LogP contribution < -0.4 is 4.72 Å². The summed E-state index contributed by atoms with van der Waals surface area (Å²) in [7, 11) is -7.10.